The van der Waals surface area contributed by atoms with Gasteiger partial charge in [0.05, 0.1) is 35.6 Å². The van der Waals surface area contributed by atoms with Crippen molar-refractivity contribution < 1.29 is 38.1 Å². The maximum atomic E-state index is 13.6. The van der Waals surface area contributed by atoms with Crippen molar-refractivity contribution in [2.24, 2.45) is 35.5 Å². The molecule has 0 radical (unpaired) electrons. The molecule has 2 aromatic carbocycles. The van der Waals surface area contributed by atoms with Crippen LogP contribution >= 0.6 is 0 Å². The number of carbonyl (C=O) groups excluding carboxylic acids is 4. The number of aromatic nitrogens is 2. The fourth-order valence-corrected chi connectivity index (χ4v) is 9.89. The minimum atomic E-state index is -0.376. The molecule has 0 N–H and O–H groups in total. The summed E-state index contributed by atoms with van der Waals surface area (Å²) in [5.74, 6) is -0.138. The van der Waals surface area contributed by atoms with Gasteiger partial charge in [0.1, 0.15) is 23.2 Å². The summed E-state index contributed by atoms with van der Waals surface area (Å²) in [5, 5.41) is 0. The first-order valence-corrected chi connectivity index (χ1v) is 22.5. The van der Waals surface area contributed by atoms with E-state index in [2.05, 4.69) is 18.8 Å². The molecule has 7 rings (SSSR count). The van der Waals surface area contributed by atoms with Gasteiger partial charge in [0.2, 0.25) is 0 Å². The van der Waals surface area contributed by atoms with E-state index in [1.165, 1.54) is 25.7 Å². The van der Waals surface area contributed by atoms with Gasteiger partial charge in [-0.15, -0.1) is 0 Å². The largest absolute Gasteiger partial charge is 0.462 e. The van der Waals surface area contributed by atoms with E-state index < -0.39 is 0 Å². The first kappa shape index (κ1) is 41.8. The van der Waals surface area contributed by atoms with Crippen LogP contribution < -0.4 is 9.47 Å². The Morgan fingerprint density at radius 2 is 0.931 bits per heavy atom. The summed E-state index contributed by atoms with van der Waals surface area (Å²) in [6.07, 6.45) is 19.3. The Labute approximate surface area is 343 Å². The van der Waals surface area contributed by atoms with E-state index in [0.29, 0.717) is 68.1 Å². The molecule has 0 aliphatic heterocycles. The Hall–Kier alpha value is -4.34. The number of esters is 4. The van der Waals surface area contributed by atoms with Gasteiger partial charge in [-0.05, 0) is 127 Å². The van der Waals surface area contributed by atoms with Crippen LogP contribution in [0.1, 0.15) is 142 Å². The molecule has 0 bridgehead atoms. The van der Waals surface area contributed by atoms with Gasteiger partial charge >= 0.3 is 23.9 Å². The minimum absolute atomic E-state index is 0.0102. The second kappa shape index (κ2) is 20.1. The first-order valence-electron chi connectivity index (χ1n) is 22.5. The summed E-state index contributed by atoms with van der Waals surface area (Å²) in [6, 6.07) is 12.8. The standard InChI is InChI=1S/C48H62N2O8/c1-3-8-31-12-24-38(25-13-31)55-45(51)34-16-20-36(21-17-34)47(53)57-41-28-29-42(44-43(41)49-30-40(50-44)33-10-6-5-7-11-33)58-48(54)37-22-18-35(19-23-37)46(52)56-39-26-14-32(9-4-2)15-27-39/h5-7,10-11,28-32,34-39H,3-4,8-9,12-27H2,1-2H3. The summed E-state index contributed by atoms with van der Waals surface area (Å²) >= 11 is 0. The average molecular weight is 795 g/mol. The molecule has 4 aliphatic carbocycles. The predicted molar refractivity (Wildman–Crippen MR) is 221 cm³/mol. The lowest BCUT2D eigenvalue weighted by molar-refractivity contribution is -0.159. The Balaban J connectivity index is 0.955. The molecule has 1 aromatic heterocycles. The summed E-state index contributed by atoms with van der Waals surface area (Å²) in [7, 11) is 0. The van der Waals surface area contributed by atoms with E-state index in [1.54, 1.807) is 18.3 Å². The van der Waals surface area contributed by atoms with Gasteiger partial charge in [-0.2, -0.15) is 0 Å². The van der Waals surface area contributed by atoms with Crippen LogP contribution in [0.15, 0.2) is 48.7 Å². The van der Waals surface area contributed by atoms with Crippen LogP contribution in [0.5, 0.6) is 11.5 Å². The van der Waals surface area contributed by atoms with Crippen LogP contribution in [0.2, 0.25) is 0 Å². The lowest BCUT2D eigenvalue weighted by Crippen LogP contribution is -2.32. The molecular formula is C48H62N2O8. The van der Waals surface area contributed by atoms with Gasteiger partial charge in [-0.25, -0.2) is 9.97 Å². The molecule has 0 amide bonds. The van der Waals surface area contributed by atoms with E-state index in [1.807, 2.05) is 30.3 Å². The fourth-order valence-electron chi connectivity index (χ4n) is 9.89. The van der Waals surface area contributed by atoms with E-state index >= 15 is 0 Å². The Bertz CT molecular complexity index is 1850. The number of benzene rings is 2. The van der Waals surface area contributed by atoms with E-state index in [9.17, 15) is 19.2 Å². The van der Waals surface area contributed by atoms with Crippen molar-refractivity contribution in [1.29, 1.82) is 0 Å². The van der Waals surface area contributed by atoms with Crippen molar-refractivity contribution in [3.63, 3.8) is 0 Å². The lowest BCUT2D eigenvalue weighted by atomic mass is 9.81. The number of hydrogen-bond acceptors (Lipinski definition) is 10. The molecular weight excluding hydrogens is 733 g/mol. The molecule has 10 nitrogen and oxygen atoms in total. The highest BCUT2D eigenvalue weighted by molar-refractivity contribution is 5.92. The molecule has 4 aliphatic rings. The van der Waals surface area contributed by atoms with Gasteiger partial charge in [0.25, 0.3) is 0 Å². The van der Waals surface area contributed by atoms with Crippen LogP contribution in [0.25, 0.3) is 22.3 Å². The molecule has 312 valence electrons. The zero-order valence-corrected chi connectivity index (χ0v) is 34.5. The highest BCUT2D eigenvalue weighted by Gasteiger charge is 2.36. The summed E-state index contributed by atoms with van der Waals surface area (Å²) in [4.78, 5) is 62.9. The van der Waals surface area contributed by atoms with Crippen LogP contribution in [0, 0.1) is 35.5 Å². The zero-order valence-electron chi connectivity index (χ0n) is 34.5. The van der Waals surface area contributed by atoms with Crippen LogP contribution in [-0.4, -0.2) is 46.1 Å². The predicted octanol–water partition coefficient (Wildman–Crippen LogP) is 10.5. The van der Waals surface area contributed by atoms with E-state index in [-0.39, 0.29) is 71.3 Å². The number of hydrogen-bond donors (Lipinski definition) is 0. The van der Waals surface area contributed by atoms with Crippen molar-refractivity contribution in [2.75, 3.05) is 0 Å². The van der Waals surface area contributed by atoms with Gasteiger partial charge in [-0.1, -0.05) is 69.9 Å². The van der Waals surface area contributed by atoms with Gasteiger partial charge in [-0.3, -0.25) is 19.2 Å². The van der Waals surface area contributed by atoms with Gasteiger partial charge < -0.3 is 18.9 Å². The second-order valence-corrected chi connectivity index (χ2v) is 17.6. The maximum absolute atomic E-state index is 13.6. The van der Waals surface area contributed by atoms with Crippen LogP contribution in [0.4, 0.5) is 0 Å². The molecule has 3 aromatic rings. The SMILES string of the molecule is CCCC1CCC(OC(=O)C2CCC(C(=O)Oc3ccc(OC(=O)C4CCC(C(=O)OC5CCC(CCC)CC5)CC4)c4nc(-c5ccccc5)cnc34)CC2)CC1. The summed E-state index contributed by atoms with van der Waals surface area (Å²) in [5.41, 5.74) is 2.07. The van der Waals surface area contributed by atoms with Crippen molar-refractivity contribution in [2.45, 2.75) is 154 Å². The monoisotopic (exact) mass is 794 g/mol. The van der Waals surface area contributed by atoms with E-state index in [4.69, 9.17) is 23.9 Å². The Morgan fingerprint density at radius 1 is 0.517 bits per heavy atom. The third-order valence-corrected chi connectivity index (χ3v) is 13.5. The highest BCUT2D eigenvalue weighted by Crippen LogP contribution is 2.38. The molecule has 0 saturated heterocycles. The summed E-state index contributed by atoms with van der Waals surface area (Å²) in [6.45, 7) is 4.44. The second-order valence-electron chi connectivity index (χ2n) is 17.6. The maximum Gasteiger partial charge on any atom is 0.314 e. The van der Waals surface area contributed by atoms with Gasteiger partial charge in [0.15, 0.2) is 11.5 Å². The van der Waals surface area contributed by atoms with Crippen molar-refractivity contribution in [3.8, 4) is 22.8 Å². The van der Waals surface area contributed by atoms with Crippen molar-refractivity contribution in [1.82, 2.24) is 9.97 Å². The Kier molecular flexibility index (Phi) is 14.5. The smallest absolute Gasteiger partial charge is 0.314 e. The van der Waals surface area contributed by atoms with Crippen LogP contribution in [0.3, 0.4) is 0 Å². The third-order valence-electron chi connectivity index (χ3n) is 13.5. The lowest BCUT2D eigenvalue weighted by Gasteiger charge is -2.31. The van der Waals surface area contributed by atoms with Gasteiger partial charge in [0, 0.05) is 5.56 Å². The third kappa shape index (κ3) is 10.6. The first-order chi connectivity index (χ1) is 28.3. The number of ether oxygens (including phenoxy) is 4. The molecule has 58 heavy (non-hydrogen) atoms. The molecule has 0 unspecified atom stereocenters. The fraction of sp³-hybridized carbons (Fsp3) is 0.625. The topological polar surface area (TPSA) is 131 Å². The van der Waals surface area contributed by atoms with Crippen molar-refractivity contribution in [3.05, 3.63) is 48.7 Å². The molecule has 0 atom stereocenters. The molecule has 0 spiro atoms. The molecule has 4 saturated carbocycles. The number of rotatable bonds is 13. The molecule has 10 heteroatoms. The normalized spacial score (nSPS) is 27.6. The highest BCUT2D eigenvalue weighted by atomic mass is 16.6. The average Bonchev–Trinajstić information content (AvgIpc) is 3.26. The number of fused-ring (bicyclic) bond motifs is 1. The zero-order chi connectivity index (χ0) is 40.4. The quantitative estimate of drug-likeness (QED) is 0.122. The van der Waals surface area contributed by atoms with E-state index in [0.717, 1.165) is 68.8 Å². The summed E-state index contributed by atoms with van der Waals surface area (Å²) < 4.78 is 23.9. The van der Waals surface area contributed by atoms with Crippen molar-refractivity contribution >= 4 is 34.9 Å². The number of carbonyl (C=O) groups is 4. The van der Waals surface area contributed by atoms with Crippen LogP contribution in [-0.2, 0) is 28.7 Å². The minimum Gasteiger partial charge on any atom is -0.462 e. The number of nitrogens with zero attached hydrogens (tertiary/aromatic N) is 2. The molecule has 4 fully saturated rings. The molecule has 1 heterocycles. The Morgan fingerprint density at radius 3 is 1.36 bits per heavy atom.